The topological polar surface area (TPSA) is 101 Å². The number of pyridine rings is 1. The van der Waals surface area contributed by atoms with Crippen LogP contribution < -0.4 is 20.1 Å². The highest BCUT2D eigenvalue weighted by Gasteiger charge is 2.38. The molecule has 2 aromatic rings. The van der Waals surface area contributed by atoms with Gasteiger partial charge in [-0.1, -0.05) is 0 Å². The highest BCUT2D eigenvalue weighted by Crippen LogP contribution is 2.38. The normalized spacial score (nSPS) is 18.9. The van der Waals surface area contributed by atoms with Crippen LogP contribution in [0.1, 0.15) is 6.42 Å². The maximum Gasteiger partial charge on any atom is 0.387 e. The van der Waals surface area contributed by atoms with E-state index < -0.39 is 42.0 Å². The minimum absolute atomic E-state index is 0.0530. The number of ether oxygens (including phenoxy) is 1. The van der Waals surface area contributed by atoms with Crippen LogP contribution in [-0.4, -0.2) is 41.3 Å². The molecule has 0 saturated carbocycles. The van der Waals surface area contributed by atoms with Crippen molar-refractivity contribution < 1.29 is 32.2 Å². The van der Waals surface area contributed by atoms with Gasteiger partial charge in [-0.3, -0.25) is 9.93 Å². The number of aliphatic hydroxyl groups is 1. The number of amides is 1. The predicted octanol–water partition coefficient (Wildman–Crippen LogP) is 2.51. The Kier molecular flexibility index (Phi) is 6.45. The van der Waals surface area contributed by atoms with Crippen molar-refractivity contribution in [3.63, 3.8) is 0 Å². The minimum Gasteiger partial charge on any atom is -0.429 e. The van der Waals surface area contributed by atoms with Crippen molar-refractivity contribution in [2.24, 2.45) is 5.14 Å². The smallest absolute Gasteiger partial charge is 0.387 e. The van der Waals surface area contributed by atoms with Crippen molar-refractivity contribution in [3.8, 4) is 5.75 Å². The number of β-amino-alcohol motifs (C(OH)–C–C–N with tert-alkyl or cyclic N) is 1. The van der Waals surface area contributed by atoms with Crippen LogP contribution in [-0.2, 0) is 4.79 Å². The zero-order chi connectivity index (χ0) is 21.1. The number of carbonyl (C=O) groups excluding carboxylic acids is 1. The Bertz CT molecular complexity index is 905. The molecule has 1 aliphatic rings. The molecule has 1 aliphatic heterocycles. The summed E-state index contributed by atoms with van der Waals surface area (Å²) in [5, 5.41) is 18.5. The summed E-state index contributed by atoms with van der Waals surface area (Å²) >= 11 is 0.873. The van der Waals surface area contributed by atoms with Crippen LogP contribution in [0.25, 0.3) is 0 Å². The lowest BCUT2D eigenvalue weighted by Crippen LogP contribution is -2.40. The van der Waals surface area contributed by atoms with E-state index in [1.807, 2.05) is 0 Å². The molecular weight excluding hydrogens is 416 g/mol. The molecule has 2 heterocycles. The fourth-order valence-corrected chi connectivity index (χ4v) is 3.37. The molecule has 1 aromatic heterocycles. The fourth-order valence-electron chi connectivity index (χ4n) is 3.06. The molecule has 0 aliphatic carbocycles. The molecule has 7 nitrogen and oxygen atoms in total. The fraction of sp³-hybridized carbons (Fsp3) is 0.294. The van der Waals surface area contributed by atoms with Gasteiger partial charge in [-0.05, 0) is 36.2 Å². The maximum absolute atomic E-state index is 14.1. The van der Waals surface area contributed by atoms with Gasteiger partial charge < -0.3 is 20.1 Å². The molecule has 0 spiro atoms. The largest absolute Gasteiger partial charge is 0.429 e. The average molecular weight is 432 g/mol. The number of halogens is 4. The van der Waals surface area contributed by atoms with E-state index in [2.05, 4.69) is 15.0 Å². The average Bonchev–Trinajstić information content (AvgIpc) is 3.07. The second kappa shape index (κ2) is 8.84. The van der Waals surface area contributed by atoms with Gasteiger partial charge in [0.05, 0.1) is 11.8 Å². The first kappa shape index (κ1) is 21.1. The Hall–Kier alpha value is -2.57. The molecular formula is C17H16F4N4O3S. The zero-order valence-corrected chi connectivity index (χ0v) is 15.5. The number of alkyl halides is 2. The van der Waals surface area contributed by atoms with Gasteiger partial charge in [0.15, 0.2) is 11.6 Å². The van der Waals surface area contributed by atoms with E-state index in [4.69, 9.17) is 5.14 Å². The number of hydrogen-bond donors (Lipinski definition) is 3. The van der Waals surface area contributed by atoms with E-state index in [0.717, 1.165) is 24.1 Å². The van der Waals surface area contributed by atoms with Gasteiger partial charge in [0.1, 0.15) is 11.1 Å². The van der Waals surface area contributed by atoms with Crippen LogP contribution in [0.4, 0.5) is 28.9 Å². The summed E-state index contributed by atoms with van der Waals surface area (Å²) in [6.45, 7) is -3.57. The van der Waals surface area contributed by atoms with Crippen LogP contribution in [0.2, 0.25) is 0 Å². The lowest BCUT2D eigenvalue weighted by Gasteiger charge is -2.27. The summed E-state index contributed by atoms with van der Waals surface area (Å²) in [6.07, 6.45) is 0.379. The van der Waals surface area contributed by atoms with Gasteiger partial charge >= 0.3 is 6.61 Å². The number of nitrogens with one attached hydrogen (secondary N) is 1. The molecule has 1 fully saturated rings. The molecule has 0 bridgehead atoms. The number of hydrogen-bond acceptors (Lipinski definition) is 7. The van der Waals surface area contributed by atoms with E-state index in [9.17, 15) is 27.5 Å². The third kappa shape index (κ3) is 4.71. The standard InChI is InChI=1S/C17H16F4N4O3S/c18-10-1-2-11(15(14(10)19)28-17(20)21)25-7-9(26)6-12(25)16(27)24-8-3-4-23-13(5-8)29-22/h1-5,9,12,17,26H,6-7,22H2,(H,23,24,27). The van der Waals surface area contributed by atoms with E-state index >= 15 is 0 Å². The van der Waals surface area contributed by atoms with E-state index in [-0.39, 0.29) is 18.7 Å². The summed E-state index contributed by atoms with van der Waals surface area (Å²) < 4.78 is 57.2. The SMILES string of the molecule is NSc1cc(NC(=O)C2CC(O)CN2c2ccc(F)c(F)c2OC(F)F)ccn1. The van der Waals surface area contributed by atoms with Crippen molar-refractivity contribution in [3.05, 3.63) is 42.1 Å². The third-order valence-electron chi connectivity index (χ3n) is 4.25. The van der Waals surface area contributed by atoms with Crippen LogP contribution in [0, 0.1) is 11.6 Å². The second-order valence-corrected chi connectivity index (χ2v) is 6.79. The summed E-state index contributed by atoms with van der Waals surface area (Å²) in [6, 6.07) is 3.73. The van der Waals surface area contributed by atoms with Gasteiger partial charge in [-0.2, -0.15) is 13.2 Å². The van der Waals surface area contributed by atoms with Crippen LogP contribution in [0.15, 0.2) is 35.5 Å². The van der Waals surface area contributed by atoms with E-state index in [1.54, 1.807) is 0 Å². The number of nitrogens with zero attached hydrogens (tertiary/aromatic N) is 2. The lowest BCUT2D eigenvalue weighted by molar-refractivity contribution is -0.117. The molecule has 4 N–H and O–H groups in total. The van der Waals surface area contributed by atoms with Crippen LogP contribution >= 0.6 is 11.9 Å². The van der Waals surface area contributed by atoms with Crippen molar-refractivity contribution in [2.75, 3.05) is 16.8 Å². The Morgan fingerprint density at radius 2 is 2.14 bits per heavy atom. The zero-order valence-electron chi connectivity index (χ0n) is 14.7. The molecule has 1 saturated heterocycles. The quantitative estimate of drug-likeness (QED) is 0.476. The van der Waals surface area contributed by atoms with Gasteiger partial charge in [-0.15, -0.1) is 0 Å². The molecule has 12 heteroatoms. The Morgan fingerprint density at radius 1 is 1.38 bits per heavy atom. The van der Waals surface area contributed by atoms with Crippen molar-refractivity contribution in [1.82, 2.24) is 4.98 Å². The van der Waals surface area contributed by atoms with Crippen LogP contribution in [0.5, 0.6) is 5.75 Å². The minimum atomic E-state index is -3.41. The second-order valence-electron chi connectivity index (χ2n) is 6.14. The molecule has 3 rings (SSSR count). The first-order valence-electron chi connectivity index (χ1n) is 8.31. The van der Waals surface area contributed by atoms with Gasteiger partial charge in [0, 0.05) is 24.8 Å². The summed E-state index contributed by atoms with van der Waals surface area (Å²) in [5.74, 6) is -4.61. The highest BCUT2D eigenvalue weighted by molar-refractivity contribution is 7.97. The number of aliphatic hydroxyl groups excluding tert-OH is 1. The summed E-state index contributed by atoms with van der Waals surface area (Å²) in [4.78, 5) is 17.9. The molecule has 29 heavy (non-hydrogen) atoms. The van der Waals surface area contributed by atoms with Gasteiger partial charge in [-0.25, -0.2) is 9.37 Å². The number of nitrogens with two attached hydrogens (primary N) is 1. The van der Waals surface area contributed by atoms with Crippen LogP contribution in [0.3, 0.4) is 0 Å². The third-order valence-corrected chi connectivity index (χ3v) is 4.72. The molecule has 2 unspecified atom stereocenters. The Labute approximate surface area is 167 Å². The molecule has 1 aromatic carbocycles. The first-order valence-corrected chi connectivity index (χ1v) is 9.19. The highest BCUT2D eigenvalue weighted by atomic mass is 32.2. The van der Waals surface area contributed by atoms with Crippen molar-refractivity contribution >= 4 is 29.2 Å². The Balaban J connectivity index is 1.90. The number of rotatable bonds is 6. The van der Waals surface area contributed by atoms with Crippen molar-refractivity contribution in [2.45, 2.75) is 30.2 Å². The molecule has 0 radical (unpaired) electrons. The van der Waals surface area contributed by atoms with Gasteiger partial charge in [0.2, 0.25) is 11.7 Å². The number of carbonyl (C=O) groups is 1. The Morgan fingerprint density at radius 3 is 2.83 bits per heavy atom. The number of anilines is 2. The summed E-state index contributed by atoms with van der Waals surface area (Å²) in [7, 11) is 0. The lowest BCUT2D eigenvalue weighted by atomic mass is 10.1. The molecule has 156 valence electrons. The summed E-state index contributed by atoms with van der Waals surface area (Å²) in [5.41, 5.74) is 0.0995. The number of aromatic nitrogens is 1. The van der Waals surface area contributed by atoms with E-state index in [1.165, 1.54) is 23.2 Å². The van der Waals surface area contributed by atoms with Gasteiger partial charge in [0.25, 0.3) is 0 Å². The predicted molar refractivity (Wildman–Crippen MR) is 97.7 cm³/mol. The number of benzene rings is 1. The van der Waals surface area contributed by atoms with Crippen molar-refractivity contribution in [1.29, 1.82) is 0 Å². The molecule has 2 atom stereocenters. The monoisotopic (exact) mass is 432 g/mol. The maximum atomic E-state index is 14.1. The molecule has 1 amide bonds. The first-order chi connectivity index (χ1) is 13.8. The van der Waals surface area contributed by atoms with E-state index in [0.29, 0.717) is 10.7 Å².